The van der Waals surface area contributed by atoms with Crippen molar-refractivity contribution in [3.05, 3.63) is 35.5 Å². The van der Waals surface area contributed by atoms with Gasteiger partial charge in [0.1, 0.15) is 0 Å². The van der Waals surface area contributed by atoms with Crippen LogP contribution in [0.4, 0.5) is 0 Å². The number of aromatic amines is 1. The van der Waals surface area contributed by atoms with E-state index in [0.717, 1.165) is 29.6 Å². The molecule has 0 spiro atoms. The smallest absolute Gasteiger partial charge is 0.0991 e. The van der Waals surface area contributed by atoms with E-state index < -0.39 is 0 Å². The summed E-state index contributed by atoms with van der Waals surface area (Å²) < 4.78 is 0. The van der Waals surface area contributed by atoms with Crippen molar-refractivity contribution >= 4 is 16.5 Å². The van der Waals surface area contributed by atoms with Crippen molar-refractivity contribution in [3.63, 3.8) is 0 Å². The zero-order valence-corrected chi connectivity index (χ0v) is 11.8. The maximum atomic E-state index is 9.05. The highest BCUT2D eigenvalue weighted by molar-refractivity contribution is 5.91. The molecule has 4 heteroatoms. The first-order valence-corrected chi connectivity index (χ1v) is 7.00. The number of fused-ring (bicyclic) bond motifs is 1. The quantitative estimate of drug-likeness (QED) is 0.878. The third kappa shape index (κ3) is 2.21. The standard InChI is InChI=1S/C16H18N4/c1-10(2)15-8-12(5-6-18-15)16-13-7-11(9-17)3-4-14(13)19-20-16/h3-5,7,10,15,18H,6,8H2,1-2H3,(H,19,20). The second-order valence-corrected chi connectivity index (χ2v) is 5.64. The van der Waals surface area contributed by atoms with E-state index >= 15 is 0 Å². The topological polar surface area (TPSA) is 64.5 Å². The van der Waals surface area contributed by atoms with Crippen LogP contribution in [-0.2, 0) is 0 Å². The first kappa shape index (κ1) is 12.9. The number of benzene rings is 1. The number of nitrogens with one attached hydrogen (secondary N) is 2. The fourth-order valence-corrected chi connectivity index (χ4v) is 2.72. The number of nitrogens with zero attached hydrogens (tertiary/aromatic N) is 2. The molecule has 0 saturated heterocycles. The summed E-state index contributed by atoms with van der Waals surface area (Å²) in [5.74, 6) is 0.596. The third-order valence-electron chi connectivity index (χ3n) is 3.97. The number of hydrogen-bond donors (Lipinski definition) is 2. The maximum absolute atomic E-state index is 9.05. The van der Waals surface area contributed by atoms with Gasteiger partial charge in [-0.05, 0) is 36.1 Å². The van der Waals surface area contributed by atoms with E-state index in [9.17, 15) is 0 Å². The Balaban J connectivity index is 2.02. The molecule has 2 heterocycles. The Morgan fingerprint density at radius 2 is 2.25 bits per heavy atom. The first-order valence-electron chi connectivity index (χ1n) is 7.00. The van der Waals surface area contributed by atoms with E-state index in [1.807, 2.05) is 18.2 Å². The summed E-state index contributed by atoms with van der Waals surface area (Å²) in [5.41, 5.74) is 3.92. The van der Waals surface area contributed by atoms with Crippen LogP contribution in [0.1, 0.15) is 31.5 Å². The van der Waals surface area contributed by atoms with Crippen LogP contribution in [0.15, 0.2) is 24.3 Å². The van der Waals surface area contributed by atoms with Crippen LogP contribution >= 0.6 is 0 Å². The highest BCUT2D eigenvalue weighted by Crippen LogP contribution is 2.29. The zero-order chi connectivity index (χ0) is 14.1. The van der Waals surface area contributed by atoms with E-state index in [0.29, 0.717) is 17.5 Å². The minimum Gasteiger partial charge on any atom is -0.310 e. The summed E-state index contributed by atoms with van der Waals surface area (Å²) in [5, 5.41) is 21.1. The second kappa shape index (κ2) is 5.10. The number of aromatic nitrogens is 2. The molecule has 1 aromatic heterocycles. The lowest BCUT2D eigenvalue weighted by Gasteiger charge is -2.26. The van der Waals surface area contributed by atoms with Gasteiger partial charge in [-0.15, -0.1) is 0 Å². The average molecular weight is 266 g/mol. The van der Waals surface area contributed by atoms with E-state index in [1.54, 1.807) is 0 Å². The van der Waals surface area contributed by atoms with Gasteiger partial charge in [0.15, 0.2) is 0 Å². The highest BCUT2D eigenvalue weighted by Gasteiger charge is 2.21. The molecule has 2 aromatic rings. The number of rotatable bonds is 2. The van der Waals surface area contributed by atoms with Crippen molar-refractivity contribution in [3.8, 4) is 6.07 Å². The molecule has 0 fully saturated rings. The number of hydrogen-bond acceptors (Lipinski definition) is 3. The molecule has 1 unspecified atom stereocenters. The summed E-state index contributed by atoms with van der Waals surface area (Å²) >= 11 is 0. The molecule has 0 saturated carbocycles. The molecule has 20 heavy (non-hydrogen) atoms. The van der Waals surface area contributed by atoms with Crippen LogP contribution in [0, 0.1) is 17.2 Å². The fraction of sp³-hybridized carbons (Fsp3) is 0.375. The van der Waals surface area contributed by atoms with Crippen LogP contribution in [0.3, 0.4) is 0 Å². The molecule has 2 N–H and O–H groups in total. The Morgan fingerprint density at radius 1 is 1.40 bits per heavy atom. The molecule has 102 valence electrons. The Kier molecular flexibility index (Phi) is 3.29. The Bertz CT molecular complexity index is 703. The lowest BCUT2D eigenvalue weighted by Crippen LogP contribution is -2.37. The van der Waals surface area contributed by atoms with Gasteiger partial charge in [-0.1, -0.05) is 19.9 Å². The average Bonchev–Trinajstić information content (AvgIpc) is 2.90. The van der Waals surface area contributed by atoms with Gasteiger partial charge in [-0.2, -0.15) is 10.4 Å². The third-order valence-corrected chi connectivity index (χ3v) is 3.97. The molecular weight excluding hydrogens is 248 g/mol. The largest absolute Gasteiger partial charge is 0.310 e. The Morgan fingerprint density at radius 3 is 3.00 bits per heavy atom. The summed E-state index contributed by atoms with van der Waals surface area (Å²) in [4.78, 5) is 0. The molecule has 4 nitrogen and oxygen atoms in total. The van der Waals surface area contributed by atoms with Gasteiger partial charge in [-0.25, -0.2) is 0 Å². The predicted octanol–water partition coefficient (Wildman–Crippen LogP) is 2.84. The molecule has 0 radical (unpaired) electrons. The SMILES string of the molecule is CC(C)C1CC(c2n[nH]c3ccc(C#N)cc23)=CCN1. The molecule has 1 aromatic carbocycles. The Hall–Kier alpha value is -2.12. The number of H-pyrrole nitrogens is 1. The lowest BCUT2D eigenvalue weighted by molar-refractivity contribution is 0.412. The number of nitriles is 1. The van der Waals surface area contributed by atoms with E-state index in [4.69, 9.17) is 5.26 Å². The zero-order valence-electron chi connectivity index (χ0n) is 11.8. The maximum Gasteiger partial charge on any atom is 0.0991 e. The molecule has 0 aliphatic carbocycles. The van der Waals surface area contributed by atoms with Crippen molar-refractivity contribution in [1.29, 1.82) is 5.26 Å². The molecule has 1 aliphatic heterocycles. The summed E-state index contributed by atoms with van der Waals surface area (Å²) in [6.07, 6.45) is 3.18. The van der Waals surface area contributed by atoms with E-state index in [2.05, 4.69) is 41.5 Å². The van der Waals surface area contributed by atoms with Crippen LogP contribution < -0.4 is 5.32 Å². The van der Waals surface area contributed by atoms with Gasteiger partial charge in [0.25, 0.3) is 0 Å². The van der Waals surface area contributed by atoms with Gasteiger partial charge in [-0.3, -0.25) is 5.10 Å². The van der Waals surface area contributed by atoms with Gasteiger partial charge in [0, 0.05) is 18.0 Å². The van der Waals surface area contributed by atoms with Crippen molar-refractivity contribution < 1.29 is 0 Å². The van der Waals surface area contributed by atoms with Crippen molar-refractivity contribution in [2.45, 2.75) is 26.3 Å². The summed E-state index contributed by atoms with van der Waals surface area (Å²) in [7, 11) is 0. The highest BCUT2D eigenvalue weighted by atomic mass is 15.1. The fourth-order valence-electron chi connectivity index (χ4n) is 2.72. The van der Waals surface area contributed by atoms with Crippen molar-refractivity contribution in [1.82, 2.24) is 15.5 Å². The minimum atomic E-state index is 0.487. The second-order valence-electron chi connectivity index (χ2n) is 5.64. The van der Waals surface area contributed by atoms with Gasteiger partial charge >= 0.3 is 0 Å². The molecular formula is C16H18N4. The van der Waals surface area contributed by atoms with E-state index in [-0.39, 0.29) is 0 Å². The molecule has 1 aliphatic rings. The lowest BCUT2D eigenvalue weighted by atomic mass is 9.91. The van der Waals surface area contributed by atoms with E-state index in [1.165, 1.54) is 5.57 Å². The van der Waals surface area contributed by atoms with Gasteiger partial charge in [0.2, 0.25) is 0 Å². The normalized spacial score (nSPS) is 19.1. The molecule has 1 atom stereocenters. The first-order chi connectivity index (χ1) is 9.69. The molecule has 0 amide bonds. The van der Waals surface area contributed by atoms with Crippen molar-refractivity contribution in [2.24, 2.45) is 5.92 Å². The molecule has 3 rings (SSSR count). The Labute approximate surface area is 118 Å². The summed E-state index contributed by atoms with van der Waals surface area (Å²) in [6.45, 7) is 5.35. The van der Waals surface area contributed by atoms with Crippen LogP contribution in [0.25, 0.3) is 16.5 Å². The monoisotopic (exact) mass is 266 g/mol. The van der Waals surface area contributed by atoms with Gasteiger partial charge in [0.05, 0.1) is 22.8 Å². The molecule has 0 bridgehead atoms. The van der Waals surface area contributed by atoms with Crippen molar-refractivity contribution in [2.75, 3.05) is 6.54 Å². The van der Waals surface area contributed by atoms with Crippen LogP contribution in [0.2, 0.25) is 0 Å². The van der Waals surface area contributed by atoms with Gasteiger partial charge < -0.3 is 5.32 Å². The summed E-state index contributed by atoms with van der Waals surface area (Å²) in [6, 6.07) is 8.34. The minimum absolute atomic E-state index is 0.487. The van der Waals surface area contributed by atoms with Crippen LogP contribution in [-0.4, -0.2) is 22.8 Å². The van der Waals surface area contributed by atoms with Crippen LogP contribution in [0.5, 0.6) is 0 Å². The predicted molar refractivity (Wildman–Crippen MR) is 80.0 cm³/mol.